The van der Waals surface area contributed by atoms with Crippen molar-refractivity contribution in [2.75, 3.05) is 7.05 Å². The van der Waals surface area contributed by atoms with Crippen LogP contribution in [-0.2, 0) is 6.42 Å². The molecule has 0 aliphatic heterocycles. The van der Waals surface area contributed by atoms with Crippen LogP contribution in [0.4, 0.5) is 0 Å². The van der Waals surface area contributed by atoms with Crippen LogP contribution in [0.1, 0.15) is 12.5 Å². The van der Waals surface area contributed by atoms with Crippen LogP contribution in [-0.4, -0.2) is 18.0 Å². The van der Waals surface area contributed by atoms with Crippen LogP contribution in [0, 0.1) is 12.5 Å². The monoisotopic (exact) mass is 173 g/mol. The van der Waals surface area contributed by atoms with Gasteiger partial charge in [0.05, 0.1) is 0 Å². The van der Waals surface area contributed by atoms with Crippen molar-refractivity contribution in [1.82, 2.24) is 4.90 Å². The molecule has 1 unspecified atom stereocenters. The second-order valence-electron chi connectivity index (χ2n) is 3.28. The summed E-state index contributed by atoms with van der Waals surface area (Å²) in [5.41, 5.74) is 1.33. The normalized spacial score (nSPS) is 11.8. The first-order chi connectivity index (χ1) is 6.24. The molecule has 0 bridgehead atoms. The summed E-state index contributed by atoms with van der Waals surface area (Å²) >= 11 is 0. The Labute approximate surface area is 80.4 Å². The lowest BCUT2D eigenvalue weighted by atomic mass is 10.1. The van der Waals surface area contributed by atoms with E-state index in [2.05, 4.69) is 37.2 Å². The van der Waals surface area contributed by atoms with Gasteiger partial charge in [-0.1, -0.05) is 36.8 Å². The van der Waals surface area contributed by atoms with Crippen molar-refractivity contribution < 1.29 is 0 Å². The minimum Gasteiger partial charge on any atom is -0.333 e. The third kappa shape index (κ3) is 2.83. The molecule has 0 saturated carbocycles. The fraction of sp³-hybridized carbons (Fsp3) is 0.333. The third-order valence-electron chi connectivity index (χ3n) is 2.24. The molecular weight excluding hydrogens is 158 g/mol. The van der Waals surface area contributed by atoms with Gasteiger partial charge in [0.25, 0.3) is 0 Å². The van der Waals surface area contributed by atoms with Crippen LogP contribution < -0.4 is 0 Å². The summed E-state index contributed by atoms with van der Waals surface area (Å²) in [6.45, 7) is 2.13. The van der Waals surface area contributed by atoms with Gasteiger partial charge in [-0.25, -0.2) is 0 Å². The van der Waals surface area contributed by atoms with Gasteiger partial charge in [0.15, 0.2) is 0 Å². The summed E-state index contributed by atoms with van der Waals surface area (Å²) in [7, 11) is 1.94. The van der Waals surface area contributed by atoms with Crippen molar-refractivity contribution in [2.24, 2.45) is 0 Å². The van der Waals surface area contributed by atoms with Crippen LogP contribution in [0.5, 0.6) is 0 Å². The van der Waals surface area contributed by atoms with Crippen LogP contribution in [0.15, 0.2) is 30.3 Å². The number of rotatable bonds is 3. The number of terminal acetylenes is 1. The first-order valence-corrected chi connectivity index (χ1v) is 4.47. The molecule has 1 atom stereocenters. The summed E-state index contributed by atoms with van der Waals surface area (Å²) in [5, 5.41) is 0. The molecule has 0 saturated heterocycles. The zero-order valence-electron chi connectivity index (χ0n) is 8.20. The predicted octanol–water partition coefficient (Wildman–Crippen LogP) is 2.14. The number of hydrogen-bond donors (Lipinski definition) is 0. The van der Waals surface area contributed by atoms with Gasteiger partial charge in [0, 0.05) is 19.1 Å². The molecule has 1 aromatic carbocycles. The highest BCUT2D eigenvalue weighted by Crippen LogP contribution is 2.05. The van der Waals surface area contributed by atoms with E-state index in [1.165, 1.54) is 5.56 Å². The smallest absolute Gasteiger partial charge is 0.0380 e. The zero-order valence-corrected chi connectivity index (χ0v) is 8.20. The Kier molecular flexibility index (Phi) is 3.40. The number of likely N-dealkylation sites (N-methyl/N-ethyl adjacent to an activating group) is 1. The number of nitrogens with zero attached hydrogens (tertiary/aromatic N) is 1. The lowest BCUT2D eigenvalue weighted by Gasteiger charge is -2.20. The molecule has 0 aromatic heterocycles. The van der Waals surface area contributed by atoms with Crippen molar-refractivity contribution in [2.45, 2.75) is 19.4 Å². The minimum atomic E-state index is 0.396. The molecular formula is C12H15N. The maximum atomic E-state index is 5.30. The van der Waals surface area contributed by atoms with Gasteiger partial charge >= 0.3 is 0 Å². The summed E-state index contributed by atoms with van der Waals surface area (Å²) in [6.07, 6.45) is 6.30. The molecule has 1 heteroatoms. The highest BCUT2D eigenvalue weighted by Gasteiger charge is 2.05. The van der Waals surface area contributed by atoms with Gasteiger partial charge in [-0.15, -0.1) is 0 Å². The van der Waals surface area contributed by atoms with Gasteiger partial charge in [-0.3, -0.25) is 0 Å². The van der Waals surface area contributed by atoms with E-state index in [-0.39, 0.29) is 0 Å². The molecule has 1 nitrogen and oxygen atoms in total. The number of hydrogen-bond acceptors (Lipinski definition) is 1. The Bertz CT molecular complexity index is 284. The standard InChI is InChI=1S/C12H15N/c1-4-13(3)11(2)10-12-8-6-5-7-9-12/h1,5-9,11H,10H2,2-3H3. The molecule has 1 rings (SSSR count). The molecule has 0 amide bonds. The van der Waals surface area contributed by atoms with E-state index in [1.807, 2.05) is 18.0 Å². The minimum absolute atomic E-state index is 0.396. The van der Waals surface area contributed by atoms with Gasteiger partial charge in [0.1, 0.15) is 0 Å². The second kappa shape index (κ2) is 4.57. The summed E-state index contributed by atoms with van der Waals surface area (Å²) in [5.74, 6) is 0. The second-order valence-corrected chi connectivity index (χ2v) is 3.28. The SMILES string of the molecule is C#CN(C)C(C)Cc1ccccc1. The topological polar surface area (TPSA) is 3.24 Å². The predicted molar refractivity (Wildman–Crippen MR) is 56.2 cm³/mol. The van der Waals surface area contributed by atoms with Crippen LogP contribution >= 0.6 is 0 Å². The third-order valence-corrected chi connectivity index (χ3v) is 2.24. The van der Waals surface area contributed by atoms with Gasteiger partial charge in [-0.2, -0.15) is 0 Å². The van der Waals surface area contributed by atoms with Crippen LogP contribution in [0.25, 0.3) is 0 Å². The maximum absolute atomic E-state index is 5.30. The van der Waals surface area contributed by atoms with E-state index in [4.69, 9.17) is 6.42 Å². The Morgan fingerprint density at radius 2 is 2.00 bits per heavy atom. The van der Waals surface area contributed by atoms with Gasteiger partial charge in [-0.05, 0) is 18.9 Å². The van der Waals surface area contributed by atoms with Crippen molar-refractivity contribution in [3.05, 3.63) is 35.9 Å². The summed E-state index contributed by atoms with van der Waals surface area (Å²) in [6, 6.07) is 13.4. The van der Waals surface area contributed by atoms with E-state index in [0.717, 1.165) is 6.42 Å². The first-order valence-electron chi connectivity index (χ1n) is 4.47. The summed E-state index contributed by atoms with van der Waals surface area (Å²) in [4.78, 5) is 1.90. The van der Waals surface area contributed by atoms with Gasteiger partial charge < -0.3 is 4.90 Å². The lowest BCUT2D eigenvalue weighted by Crippen LogP contribution is -2.26. The van der Waals surface area contributed by atoms with Crippen LogP contribution in [0.3, 0.4) is 0 Å². The largest absolute Gasteiger partial charge is 0.333 e. The average molecular weight is 173 g/mol. The fourth-order valence-corrected chi connectivity index (χ4v) is 1.22. The van der Waals surface area contributed by atoms with E-state index < -0.39 is 0 Å². The molecule has 0 radical (unpaired) electrons. The van der Waals surface area contributed by atoms with Crippen molar-refractivity contribution in [3.8, 4) is 12.5 Å². The van der Waals surface area contributed by atoms with E-state index >= 15 is 0 Å². The van der Waals surface area contributed by atoms with E-state index in [1.54, 1.807) is 0 Å². The average Bonchev–Trinajstić information content (AvgIpc) is 2.18. The molecule has 0 N–H and O–H groups in total. The fourth-order valence-electron chi connectivity index (χ4n) is 1.22. The highest BCUT2D eigenvalue weighted by molar-refractivity contribution is 5.16. The van der Waals surface area contributed by atoms with Gasteiger partial charge in [0.2, 0.25) is 0 Å². The molecule has 0 aliphatic carbocycles. The maximum Gasteiger partial charge on any atom is 0.0380 e. The van der Waals surface area contributed by atoms with Crippen molar-refractivity contribution >= 4 is 0 Å². The molecule has 0 spiro atoms. The molecule has 68 valence electrons. The summed E-state index contributed by atoms with van der Waals surface area (Å²) < 4.78 is 0. The Hall–Kier alpha value is -1.42. The Morgan fingerprint density at radius 1 is 1.38 bits per heavy atom. The molecule has 0 aliphatic rings. The van der Waals surface area contributed by atoms with Crippen LogP contribution in [0.2, 0.25) is 0 Å². The van der Waals surface area contributed by atoms with Crippen molar-refractivity contribution in [3.63, 3.8) is 0 Å². The Morgan fingerprint density at radius 3 is 2.54 bits per heavy atom. The lowest BCUT2D eigenvalue weighted by molar-refractivity contribution is 0.370. The Balaban J connectivity index is 2.56. The van der Waals surface area contributed by atoms with Crippen molar-refractivity contribution in [1.29, 1.82) is 0 Å². The molecule has 1 aromatic rings. The molecule has 13 heavy (non-hydrogen) atoms. The molecule has 0 heterocycles. The first kappa shape index (κ1) is 9.67. The van der Waals surface area contributed by atoms with E-state index in [9.17, 15) is 0 Å². The molecule has 0 fully saturated rings. The zero-order chi connectivity index (χ0) is 9.68. The quantitative estimate of drug-likeness (QED) is 0.500. The number of benzene rings is 1. The highest BCUT2D eigenvalue weighted by atomic mass is 15.1. The van der Waals surface area contributed by atoms with E-state index in [0.29, 0.717) is 6.04 Å².